The number of hydrogen-bond donors (Lipinski definition) is 1. The number of ketones is 1. The number of aliphatic carboxylic acids is 1. The fraction of sp³-hybridized carbons (Fsp3) is 0.417. The zero-order valence-electron chi connectivity index (χ0n) is 19.1. The van der Waals surface area contributed by atoms with Crippen LogP contribution in [0, 0.1) is 5.41 Å². The fourth-order valence-corrected chi connectivity index (χ4v) is 4.54. The van der Waals surface area contributed by atoms with Crippen LogP contribution in [0.3, 0.4) is 0 Å². The van der Waals surface area contributed by atoms with Gasteiger partial charge >= 0.3 is 5.97 Å². The van der Waals surface area contributed by atoms with E-state index in [0.29, 0.717) is 42.6 Å². The molecule has 158 valence electrons. The van der Waals surface area contributed by atoms with Gasteiger partial charge in [-0.15, -0.1) is 0 Å². The van der Waals surface area contributed by atoms with E-state index in [1.54, 1.807) is 19.1 Å². The highest BCUT2D eigenvalue weighted by Crippen LogP contribution is 2.50. The Labute approximate surface area is 178 Å². The van der Waals surface area contributed by atoms with E-state index in [1.165, 1.54) is 7.11 Å². The highest BCUT2D eigenvalue weighted by atomic mass is 16.5. The lowest BCUT2D eigenvalue weighted by atomic mass is 9.65. The van der Waals surface area contributed by atoms with Crippen LogP contribution in [0.2, 0.25) is 0 Å². The Bertz CT molecular complexity index is 1060. The molecule has 1 fully saturated rings. The molecule has 2 aromatic carbocycles. The lowest BCUT2D eigenvalue weighted by Gasteiger charge is -2.42. The van der Waals surface area contributed by atoms with Gasteiger partial charge in [0.05, 0.1) is 16.9 Å². The van der Waals surface area contributed by atoms with Crippen molar-refractivity contribution in [2.45, 2.75) is 45.1 Å². The third kappa shape index (κ3) is 3.02. The minimum absolute atomic E-state index is 0.0927. The molecular weight excluding hydrogens is 384 g/mol. The molecule has 1 unspecified atom stereocenters. The Morgan fingerprint density at radius 2 is 1.87 bits per heavy atom. The fourth-order valence-electron chi connectivity index (χ4n) is 4.54. The predicted octanol–water partition coefficient (Wildman–Crippen LogP) is 4.52. The first-order valence-corrected chi connectivity index (χ1v) is 10.1. The zero-order valence-corrected chi connectivity index (χ0v) is 17.1. The quantitative estimate of drug-likeness (QED) is 0.720. The summed E-state index contributed by atoms with van der Waals surface area (Å²) in [5.41, 5.74) is 2.08. The standard InChI is InChI=1S/C24H26O6/c1-14(24(23(26)27)12-5-13-24)30-21-18(9-11-20(28-2)22(21)29-3)15-6-4-7-17-16(15)8-10-19(17)25/h4,6-7,9,11,14H,5,8,10,12-13H2,1-3H3,(H,26,27)/i2D2. The van der Waals surface area contributed by atoms with Gasteiger partial charge in [0.1, 0.15) is 11.5 Å². The van der Waals surface area contributed by atoms with Crippen LogP contribution in [0.5, 0.6) is 17.2 Å². The second-order valence-electron chi connectivity index (χ2n) is 7.92. The second kappa shape index (κ2) is 7.67. The van der Waals surface area contributed by atoms with E-state index in [1.807, 2.05) is 18.2 Å². The van der Waals surface area contributed by atoms with Crippen LogP contribution in [-0.4, -0.2) is 37.1 Å². The Morgan fingerprint density at radius 1 is 1.10 bits per heavy atom. The van der Waals surface area contributed by atoms with Gasteiger partial charge in [0.15, 0.2) is 17.3 Å². The van der Waals surface area contributed by atoms with Crippen LogP contribution in [0.25, 0.3) is 11.1 Å². The molecule has 2 aromatic rings. The Hall–Kier alpha value is -3.02. The van der Waals surface area contributed by atoms with Crippen LogP contribution in [0.1, 0.15) is 51.3 Å². The molecule has 6 nitrogen and oxygen atoms in total. The number of methoxy groups -OCH3 is 2. The molecule has 2 aliphatic rings. The van der Waals surface area contributed by atoms with E-state index >= 15 is 0 Å². The van der Waals surface area contributed by atoms with Gasteiger partial charge in [0, 0.05) is 17.5 Å². The Kier molecular flexibility index (Phi) is 4.55. The van der Waals surface area contributed by atoms with Crippen molar-refractivity contribution in [1.82, 2.24) is 0 Å². The molecule has 0 aliphatic heterocycles. The first-order chi connectivity index (χ1) is 15.3. The maximum absolute atomic E-state index is 12.3. The van der Waals surface area contributed by atoms with Crippen molar-refractivity contribution in [2.24, 2.45) is 5.41 Å². The summed E-state index contributed by atoms with van der Waals surface area (Å²) in [5, 5.41) is 9.85. The normalized spacial score (nSPS) is 18.7. The van der Waals surface area contributed by atoms with Gasteiger partial charge in [-0.1, -0.05) is 24.6 Å². The highest BCUT2D eigenvalue weighted by molar-refractivity contribution is 6.02. The van der Waals surface area contributed by atoms with Crippen LogP contribution < -0.4 is 14.2 Å². The van der Waals surface area contributed by atoms with Crippen molar-refractivity contribution < 1.29 is 31.6 Å². The first-order valence-electron chi connectivity index (χ1n) is 11.2. The molecule has 1 N–H and O–H groups in total. The number of fused-ring (bicyclic) bond motifs is 1. The van der Waals surface area contributed by atoms with E-state index in [0.717, 1.165) is 17.5 Å². The molecule has 0 bridgehead atoms. The SMILES string of the molecule is [2H]C([2H])Oc1ccc(-c2cccc3c2CCC3=O)c(OC(C)C2(C(=O)O)CCC2)c1OC. The number of rotatable bonds is 7. The summed E-state index contributed by atoms with van der Waals surface area (Å²) < 4.78 is 32.1. The van der Waals surface area contributed by atoms with E-state index in [-0.39, 0.29) is 17.3 Å². The first kappa shape index (κ1) is 17.8. The number of Topliss-reactive ketones (excluding diaryl/α,β-unsaturated/α-hetero) is 1. The van der Waals surface area contributed by atoms with Crippen molar-refractivity contribution >= 4 is 11.8 Å². The molecule has 4 rings (SSSR count). The van der Waals surface area contributed by atoms with Crippen molar-refractivity contribution in [1.29, 1.82) is 0 Å². The van der Waals surface area contributed by atoms with E-state index in [2.05, 4.69) is 0 Å². The third-order valence-electron chi connectivity index (χ3n) is 6.52. The molecule has 0 amide bonds. The highest BCUT2D eigenvalue weighted by Gasteiger charge is 2.50. The summed E-state index contributed by atoms with van der Waals surface area (Å²) >= 11 is 0. The predicted molar refractivity (Wildman–Crippen MR) is 112 cm³/mol. The molecule has 2 aliphatic carbocycles. The average Bonchev–Trinajstić information content (AvgIpc) is 3.08. The number of carboxylic acid groups (broad SMARTS) is 1. The van der Waals surface area contributed by atoms with E-state index < -0.39 is 24.6 Å². The van der Waals surface area contributed by atoms with Crippen LogP contribution in [-0.2, 0) is 11.2 Å². The van der Waals surface area contributed by atoms with Gasteiger partial charge in [-0.05, 0) is 49.4 Å². The summed E-state index contributed by atoms with van der Waals surface area (Å²) in [4.78, 5) is 24.3. The summed E-state index contributed by atoms with van der Waals surface area (Å²) in [6.45, 7) is 1.74. The molecular formula is C24H26O6. The van der Waals surface area contributed by atoms with Gasteiger partial charge in [0.2, 0.25) is 5.75 Å². The second-order valence-corrected chi connectivity index (χ2v) is 7.92. The molecule has 0 spiro atoms. The van der Waals surface area contributed by atoms with Gasteiger partial charge in [-0.2, -0.15) is 0 Å². The Balaban J connectivity index is 1.86. The topological polar surface area (TPSA) is 82.1 Å². The number of hydrogen-bond acceptors (Lipinski definition) is 5. The monoisotopic (exact) mass is 412 g/mol. The lowest BCUT2D eigenvalue weighted by molar-refractivity contribution is -0.162. The van der Waals surface area contributed by atoms with Gasteiger partial charge in [-0.3, -0.25) is 9.59 Å². The minimum atomic E-state index is -1.57. The molecule has 6 heteroatoms. The van der Waals surface area contributed by atoms with Crippen LogP contribution >= 0.6 is 0 Å². The number of ether oxygens (including phenoxy) is 3. The molecule has 1 saturated carbocycles. The lowest BCUT2D eigenvalue weighted by Crippen LogP contribution is -2.49. The summed E-state index contributed by atoms with van der Waals surface area (Å²) in [7, 11) is -0.141. The van der Waals surface area contributed by atoms with E-state index in [4.69, 9.17) is 17.0 Å². The number of carboxylic acids is 1. The molecule has 0 aromatic heterocycles. The average molecular weight is 412 g/mol. The van der Waals surface area contributed by atoms with Crippen molar-refractivity contribution in [2.75, 3.05) is 14.2 Å². The summed E-state index contributed by atoms with van der Waals surface area (Å²) in [5.74, 6) is -0.156. The maximum Gasteiger partial charge on any atom is 0.313 e. The van der Waals surface area contributed by atoms with Crippen LogP contribution in [0.4, 0.5) is 0 Å². The molecule has 0 saturated heterocycles. The van der Waals surface area contributed by atoms with Crippen molar-refractivity contribution in [3.05, 3.63) is 41.5 Å². The number of carbonyl (C=O) groups is 2. The minimum Gasteiger partial charge on any atom is -0.493 e. The van der Waals surface area contributed by atoms with Crippen molar-refractivity contribution in [3.8, 4) is 28.4 Å². The zero-order chi connectivity index (χ0) is 23.0. The van der Waals surface area contributed by atoms with Crippen LogP contribution in [0.15, 0.2) is 30.3 Å². The molecule has 30 heavy (non-hydrogen) atoms. The van der Waals surface area contributed by atoms with Gasteiger partial charge in [0.25, 0.3) is 0 Å². The van der Waals surface area contributed by atoms with E-state index in [9.17, 15) is 14.7 Å². The van der Waals surface area contributed by atoms with Gasteiger partial charge < -0.3 is 19.3 Å². The molecule has 1 atom stereocenters. The summed E-state index contributed by atoms with van der Waals surface area (Å²) in [6, 6.07) is 8.88. The summed E-state index contributed by atoms with van der Waals surface area (Å²) in [6.07, 6.45) is 2.26. The number of benzene rings is 2. The molecule has 0 heterocycles. The van der Waals surface area contributed by atoms with Gasteiger partial charge in [-0.25, -0.2) is 0 Å². The Morgan fingerprint density at radius 3 is 2.50 bits per heavy atom. The smallest absolute Gasteiger partial charge is 0.313 e. The third-order valence-corrected chi connectivity index (χ3v) is 6.52. The largest absolute Gasteiger partial charge is 0.493 e. The number of carbonyl (C=O) groups excluding carboxylic acids is 1. The maximum atomic E-state index is 12.3. The molecule has 0 radical (unpaired) electrons. The van der Waals surface area contributed by atoms with Crippen molar-refractivity contribution in [3.63, 3.8) is 0 Å².